The minimum Gasteiger partial charge on any atom is -0.396 e. The van der Waals surface area contributed by atoms with Crippen LogP contribution in [0, 0.1) is 0 Å². The Morgan fingerprint density at radius 2 is 1.93 bits per heavy atom. The van der Waals surface area contributed by atoms with Gasteiger partial charge in [-0.1, -0.05) is 0 Å². The van der Waals surface area contributed by atoms with Gasteiger partial charge in [-0.15, -0.1) is 0 Å². The van der Waals surface area contributed by atoms with Crippen LogP contribution in [0.25, 0.3) is 0 Å². The lowest BCUT2D eigenvalue weighted by molar-refractivity contribution is 0.0441. The third kappa shape index (κ3) is 9.87. The highest BCUT2D eigenvalue weighted by molar-refractivity contribution is 7.85. The van der Waals surface area contributed by atoms with Gasteiger partial charge in [0.05, 0.1) is 12.7 Å². The van der Waals surface area contributed by atoms with E-state index in [4.69, 9.17) is 19.5 Å². The molecule has 0 rings (SSSR count). The van der Waals surface area contributed by atoms with E-state index in [0.29, 0.717) is 19.4 Å². The second kappa shape index (κ2) is 7.13. The number of unbranched alkanes of at least 4 members (excludes halogenated alkanes) is 1. The SMILES string of the molecule is O=S(=O)(O)CC(O)COCCCCO. The molecule has 6 nitrogen and oxygen atoms in total. The average Bonchev–Trinajstić information content (AvgIpc) is 2.00. The summed E-state index contributed by atoms with van der Waals surface area (Å²) in [6, 6.07) is 0. The molecule has 86 valence electrons. The van der Waals surface area contributed by atoms with Crippen molar-refractivity contribution in [3.05, 3.63) is 0 Å². The fraction of sp³-hybridized carbons (Fsp3) is 1.00. The van der Waals surface area contributed by atoms with E-state index in [1.165, 1.54) is 0 Å². The Balaban J connectivity index is 3.41. The maximum Gasteiger partial charge on any atom is 0.267 e. The van der Waals surface area contributed by atoms with Crippen LogP contribution < -0.4 is 0 Å². The zero-order valence-corrected chi connectivity index (χ0v) is 8.61. The van der Waals surface area contributed by atoms with Crippen LogP contribution in [0.2, 0.25) is 0 Å². The summed E-state index contributed by atoms with van der Waals surface area (Å²) in [5.74, 6) is -0.715. The highest BCUT2D eigenvalue weighted by atomic mass is 32.2. The maximum atomic E-state index is 10.3. The Hall–Kier alpha value is -0.210. The zero-order chi connectivity index (χ0) is 11.0. The van der Waals surface area contributed by atoms with Crippen molar-refractivity contribution >= 4 is 10.1 Å². The van der Waals surface area contributed by atoms with Gasteiger partial charge in [0, 0.05) is 13.2 Å². The Morgan fingerprint density at radius 1 is 1.29 bits per heavy atom. The molecule has 0 bridgehead atoms. The minimum atomic E-state index is -4.14. The van der Waals surface area contributed by atoms with E-state index in [0.717, 1.165) is 0 Å². The van der Waals surface area contributed by atoms with Gasteiger partial charge in [0.15, 0.2) is 0 Å². The molecule has 0 saturated carbocycles. The number of ether oxygens (including phenoxy) is 1. The summed E-state index contributed by atoms with van der Waals surface area (Å²) in [4.78, 5) is 0. The van der Waals surface area contributed by atoms with Gasteiger partial charge in [0.2, 0.25) is 0 Å². The van der Waals surface area contributed by atoms with Crippen LogP contribution in [0.5, 0.6) is 0 Å². The average molecular weight is 228 g/mol. The smallest absolute Gasteiger partial charge is 0.267 e. The molecule has 3 N–H and O–H groups in total. The molecule has 0 aliphatic carbocycles. The van der Waals surface area contributed by atoms with E-state index < -0.39 is 22.0 Å². The van der Waals surface area contributed by atoms with E-state index in [1.807, 2.05) is 0 Å². The van der Waals surface area contributed by atoms with Crippen molar-refractivity contribution in [2.24, 2.45) is 0 Å². The van der Waals surface area contributed by atoms with Crippen molar-refractivity contribution in [3.8, 4) is 0 Å². The monoisotopic (exact) mass is 228 g/mol. The molecular formula is C7H16O6S. The number of rotatable bonds is 8. The van der Waals surface area contributed by atoms with Gasteiger partial charge in [0.25, 0.3) is 10.1 Å². The first-order valence-electron chi connectivity index (χ1n) is 4.27. The van der Waals surface area contributed by atoms with Crippen LogP contribution in [0.15, 0.2) is 0 Å². The second-order valence-corrected chi connectivity index (χ2v) is 4.41. The van der Waals surface area contributed by atoms with Crippen LogP contribution in [-0.4, -0.2) is 54.9 Å². The molecular weight excluding hydrogens is 212 g/mol. The number of aliphatic hydroxyl groups excluding tert-OH is 2. The molecule has 0 radical (unpaired) electrons. The lowest BCUT2D eigenvalue weighted by atomic mass is 10.3. The first-order chi connectivity index (χ1) is 6.45. The first-order valence-corrected chi connectivity index (χ1v) is 5.88. The van der Waals surface area contributed by atoms with E-state index in [2.05, 4.69) is 0 Å². The molecule has 1 unspecified atom stereocenters. The van der Waals surface area contributed by atoms with Crippen molar-refractivity contribution in [2.45, 2.75) is 18.9 Å². The van der Waals surface area contributed by atoms with Crippen LogP contribution >= 0.6 is 0 Å². The first kappa shape index (κ1) is 13.8. The molecule has 1 atom stereocenters. The standard InChI is InChI=1S/C7H16O6S/c8-3-1-2-4-13-5-7(9)6-14(10,11)12/h7-9H,1-6H2,(H,10,11,12). The van der Waals surface area contributed by atoms with Crippen molar-refractivity contribution < 1.29 is 27.9 Å². The summed E-state index contributed by atoms with van der Waals surface area (Å²) >= 11 is 0. The van der Waals surface area contributed by atoms with Crippen molar-refractivity contribution in [3.63, 3.8) is 0 Å². The molecule has 0 aromatic rings. The summed E-state index contributed by atoms with van der Waals surface area (Å²) < 4.78 is 33.8. The van der Waals surface area contributed by atoms with Crippen molar-refractivity contribution in [1.82, 2.24) is 0 Å². The molecule has 0 aromatic carbocycles. The van der Waals surface area contributed by atoms with Crippen LogP contribution in [0.3, 0.4) is 0 Å². The van der Waals surface area contributed by atoms with Crippen LogP contribution in [-0.2, 0) is 14.9 Å². The zero-order valence-electron chi connectivity index (χ0n) is 7.79. The molecule has 14 heavy (non-hydrogen) atoms. The number of hydrogen-bond acceptors (Lipinski definition) is 5. The summed E-state index contributed by atoms with van der Waals surface area (Å²) in [7, 11) is -4.14. The van der Waals surface area contributed by atoms with E-state index in [1.54, 1.807) is 0 Å². The molecule has 0 saturated heterocycles. The molecule has 7 heteroatoms. The van der Waals surface area contributed by atoms with Gasteiger partial charge in [0.1, 0.15) is 5.75 Å². The third-order valence-electron chi connectivity index (χ3n) is 1.41. The molecule has 0 aliphatic heterocycles. The topological polar surface area (TPSA) is 104 Å². The number of aliphatic hydroxyl groups is 2. The third-order valence-corrected chi connectivity index (χ3v) is 2.22. The Morgan fingerprint density at radius 3 is 2.43 bits per heavy atom. The summed E-state index contributed by atoms with van der Waals surface area (Å²) in [5.41, 5.74) is 0. The molecule has 0 aromatic heterocycles. The van der Waals surface area contributed by atoms with Crippen molar-refractivity contribution in [1.29, 1.82) is 0 Å². The van der Waals surface area contributed by atoms with Crippen LogP contribution in [0.1, 0.15) is 12.8 Å². The highest BCUT2D eigenvalue weighted by Crippen LogP contribution is 1.94. The summed E-state index contributed by atoms with van der Waals surface area (Å²) in [6.07, 6.45) is 0.0443. The predicted octanol–water partition coefficient (Wildman–Crippen LogP) is -0.976. The Labute approximate surface area is 83.3 Å². The summed E-state index contributed by atoms with van der Waals surface area (Å²) in [6.45, 7) is 0.297. The highest BCUT2D eigenvalue weighted by Gasteiger charge is 2.13. The van der Waals surface area contributed by atoms with Gasteiger partial charge in [-0.2, -0.15) is 8.42 Å². The van der Waals surface area contributed by atoms with E-state index >= 15 is 0 Å². The molecule has 0 amide bonds. The fourth-order valence-corrected chi connectivity index (χ4v) is 1.41. The quantitative estimate of drug-likeness (QED) is 0.364. The van der Waals surface area contributed by atoms with Gasteiger partial charge >= 0.3 is 0 Å². The Kier molecular flexibility index (Phi) is 7.02. The molecule has 0 aliphatic rings. The molecule has 0 heterocycles. The number of hydrogen-bond donors (Lipinski definition) is 3. The van der Waals surface area contributed by atoms with Crippen molar-refractivity contribution in [2.75, 3.05) is 25.6 Å². The van der Waals surface area contributed by atoms with Gasteiger partial charge in [-0.25, -0.2) is 0 Å². The fourth-order valence-electron chi connectivity index (χ4n) is 0.827. The van der Waals surface area contributed by atoms with E-state index in [9.17, 15) is 8.42 Å². The molecule has 0 spiro atoms. The summed E-state index contributed by atoms with van der Waals surface area (Å²) in [5, 5.41) is 17.4. The predicted molar refractivity (Wildman–Crippen MR) is 49.6 cm³/mol. The lowest BCUT2D eigenvalue weighted by Gasteiger charge is -2.08. The largest absolute Gasteiger partial charge is 0.396 e. The van der Waals surface area contributed by atoms with E-state index in [-0.39, 0.29) is 13.2 Å². The Bertz CT molecular complexity index is 224. The molecule has 0 fully saturated rings. The maximum absolute atomic E-state index is 10.3. The second-order valence-electron chi connectivity index (χ2n) is 2.91. The lowest BCUT2D eigenvalue weighted by Crippen LogP contribution is -2.25. The normalized spacial score (nSPS) is 14.2. The van der Waals surface area contributed by atoms with Gasteiger partial charge in [-0.3, -0.25) is 4.55 Å². The minimum absolute atomic E-state index is 0.0803. The van der Waals surface area contributed by atoms with Gasteiger partial charge in [-0.05, 0) is 12.8 Å². The van der Waals surface area contributed by atoms with Gasteiger partial charge < -0.3 is 14.9 Å². The van der Waals surface area contributed by atoms with Crippen LogP contribution in [0.4, 0.5) is 0 Å².